The van der Waals surface area contributed by atoms with Crippen molar-refractivity contribution >= 4 is 17.5 Å². The van der Waals surface area contributed by atoms with Crippen LogP contribution in [0.5, 0.6) is 0 Å². The van der Waals surface area contributed by atoms with Crippen LogP contribution in [0, 0.1) is 0 Å². The van der Waals surface area contributed by atoms with Crippen molar-refractivity contribution in [1.29, 1.82) is 0 Å². The highest BCUT2D eigenvalue weighted by Gasteiger charge is 2.46. The maximum absolute atomic E-state index is 14.2. The molecule has 0 fully saturated rings. The van der Waals surface area contributed by atoms with E-state index in [9.17, 15) is 23.1 Å². The maximum Gasteiger partial charge on any atom is 0.408 e. The minimum atomic E-state index is -4.73. The van der Waals surface area contributed by atoms with Gasteiger partial charge in [0.2, 0.25) is 0 Å². The number of aliphatic carboxylic acids is 1. The molecular formula is C26H29F3N4O2. The Labute approximate surface area is 203 Å². The summed E-state index contributed by atoms with van der Waals surface area (Å²) in [5.41, 5.74) is 6.48. The monoisotopic (exact) mass is 486 g/mol. The molecule has 2 atom stereocenters. The maximum atomic E-state index is 14.2. The van der Waals surface area contributed by atoms with E-state index in [1.807, 2.05) is 19.9 Å². The standard InChI is InChI=1S/C24H23F3N4O2.C2H6/c1-15-14-20(17-8-4-3-5-9-17)30-22-19(11-7-13-31(15)22)21(24(25,26)27)29-16(2)18(23(32)33)10-6-12-28;1-2/h3-14,16,21,29H,1,28H2,2H3,(H,32,33);1-2H3/b12-6-,18-10+;. The van der Waals surface area contributed by atoms with Crippen molar-refractivity contribution in [2.24, 2.45) is 10.7 Å². The summed E-state index contributed by atoms with van der Waals surface area (Å²) in [4.78, 5) is 17.6. The van der Waals surface area contributed by atoms with Crippen molar-refractivity contribution in [3.05, 3.63) is 102 Å². The average molecular weight is 487 g/mol. The number of rotatable bonds is 7. The van der Waals surface area contributed by atoms with Gasteiger partial charge in [-0.25, -0.2) is 9.79 Å². The van der Waals surface area contributed by atoms with Gasteiger partial charge in [0, 0.05) is 29.1 Å². The summed E-state index contributed by atoms with van der Waals surface area (Å²) < 4.78 is 42.7. The molecule has 2 unspecified atom stereocenters. The van der Waals surface area contributed by atoms with E-state index in [2.05, 4.69) is 16.9 Å². The number of nitrogens with zero attached hydrogens (tertiary/aromatic N) is 2. The molecule has 0 saturated heterocycles. The van der Waals surface area contributed by atoms with Gasteiger partial charge in [-0.3, -0.25) is 5.32 Å². The first-order valence-corrected chi connectivity index (χ1v) is 11.0. The molecular weight excluding hydrogens is 457 g/mol. The molecule has 3 rings (SSSR count). The molecule has 0 bridgehead atoms. The van der Waals surface area contributed by atoms with Crippen molar-refractivity contribution < 1.29 is 23.1 Å². The second-order valence-electron chi connectivity index (χ2n) is 7.33. The van der Waals surface area contributed by atoms with E-state index < -0.39 is 24.2 Å². The molecule has 186 valence electrons. The smallest absolute Gasteiger partial charge is 0.408 e. The Hall–Kier alpha value is -3.85. The predicted octanol–water partition coefficient (Wildman–Crippen LogP) is 5.13. The number of carbonyl (C=O) groups is 1. The number of allylic oxidation sites excluding steroid dienone is 5. The number of fused-ring (bicyclic) bond motifs is 1. The molecule has 1 aromatic rings. The summed E-state index contributed by atoms with van der Waals surface area (Å²) in [6.07, 6.45) is 4.83. The number of aliphatic imine (C=N–C) groups is 1. The molecule has 1 aromatic carbocycles. The average Bonchev–Trinajstić information content (AvgIpc) is 2.83. The van der Waals surface area contributed by atoms with Crippen LogP contribution in [0.25, 0.3) is 5.70 Å². The van der Waals surface area contributed by atoms with E-state index in [1.165, 1.54) is 30.1 Å². The topological polar surface area (TPSA) is 90.9 Å². The summed E-state index contributed by atoms with van der Waals surface area (Å²) in [5.74, 6) is -1.29. The van der Waals surface area contributed by atoms with Gasteiger partial charge in [0.05, 0.1) is 11.3 Å². The van der Waals surface area contributed by atoms with Crippen LogP contribution >= 0.6 is 0 Å². The van der Waals surface area contributed by atoms with Gasteiger partial charge < -0.3 is 15.7 Å². The SMILES string of the molecule is C=C1C=C(c2ccccc2)N=C2C(C(NC(C)/C(=C\C=C/N)C(=O)O)C(F)(F)F)=CC=CN12.CC. The van der Waals surface area contributed by atoms with E-state index >= 15 is 0 Å². The van der Waals surface area contributed by atoms with Crippen LogP contribution in [0.1, 0.15) is 26.3 Å². The first-order valence-electron chi connectivity index (χ1n) is 11.0. The number of halogens is 3. The molecule has 6 nitrogen and oxygen atoms in total. The number of nitrogens with one attached hydrogen (secondary N) is 1. The highest BCUT2D eigenvalue weighted by molar-refractivity contribution is 6.06. The molecule has 2 heterocycles. The van der Waals surface area contributed by atoms with Gasteiger partial charge in [-0.2, -0.15) is 13.2 Å². The molecule has 0 saturated carbocycles. The van der Waals surface area contributed by atoms with Crippen molar-refractivity contribution in [2.75, 3.05) is 0 Å². The second kappa shape index (κ2) is 12.0. The third-order valence-corrected chi connectivity index (χ3v) is 5.06. The molecule has 0 radical (unpaired) electrons. The Bertz CT molecular complexity index is 1110. The number of carboxylic acid groups (broad SMARTS) is 1. The Kier molecular flexibility index (Phi) is 9.42. The first kappa shape index (κ1) is 27.4. The number of benzene rings is 1. The zero-order valence-corrected chi connectivity index (χ0v) is 19.8. The molecule has 2 aliphatic heterocycles. The van der Waals surface area contributed by atoms with Gasteiger partial charge >= 0.3 is 12.1 Å². The van der Waals surface area contributed by atoms with E-state index in [0.717, 1.165) is 17.8 Å². The van der Waals surface area contributed by atoms with E-state index in [4.69, 9.17) is 5.73 Å². The van der Waals surface area contributed by atoms with Crippen molar-refractivity contribution in [1.82, 2.24) is 10.2 Å². The number of nitrogens with two attached hydrogens (primary N) is 1. The molecule has 4 N–H and O–H groups in total. The van der Waals surface area contributed by atoms with Crippen LogP contribution in [0.4, 0.5) is 13.2 Å². The number of hydrogen-bond acceptors (Lipinski definition) is 5. The lowest BCUT2D eigenvalue weighted by Crippen LogP contribution is -2.52. The third-order valence-electron chi connectivity index (χ3n) is 5.06. The lowest BCUT2D eigenvalue weighted by Gasteiger charge is -2.35. The van der Waals surface area contributed by atoms with Gasteiger partial charge in [0.25, 0.3) is 0 Å². The first-order chi connectivity index (χ1) is 16.6. The van der Waals surface area contributed by atoms with Gasteiger partial charge in [-0.1, -0.05) is 56.8 Å². The molecule has 0 amide bonds. The zero-order valence-electron chi connectivity index (χ0n) is 19.8. The summed E-state index contributed by atoms with van der Waals surface area (Å²) >= 11 is 0. The van der Waals surface area contributed by atoms with Crippen molar-refractivity contribution in [2.45, 2.75) is 39.0 Å². The number of amidine groups is 1. The zero-order chi connectivity index (χ0) is 26.2. The van der Waals surface area contributed by atoms with Crippen LogP contribution in [-0.2, 0) is 4.79 Å². The van der Waals surface area contributed by atoms with E-state index in [0.29, 0.717) is 11.4 Å². The van der Waals surface area contributed by atoms with Crippen LogP contribution in [-0.4, -0.2) is 40.1 Å². The number of carboxylic acids is 1. The summed E-state index contributed by atoms with van der Waals surface area (Å²) in [6.45, 7) is 9.30. The normalized spacial score (nSPS) is 17.5. The molecule has 0 aliphatic carbocycles. The fourth-order valence-corrected chi connectivity index (χ4v) is 3.48. The number of hydrogen-bond donors (Lipinski definition) is 3. The summed E-state index contributed by atoms with van der Waals surface area (Å²) in [5, 5.41) is 11.9. The minimum Gasteiger partial charge on any atom is -0.478 e. The Morgan fingerprint density at radius 2 is 1.91 bits per heavy atom. The van der Waals surface area contributed by atoms with E-state index in [1.54, 1.807) is 36.5 Å². The van der Waals surface area contributed by atoms with Crippen LogP contribution < -0.4 is 11.1 Å². The highest BCUT2D eigenvalue weighted by Crippen LogP contribution is 2.34. The lowest BCUT2D eigenvalue weighted by molar-refractivity contribution is -0.148. The van der Waals surface area contributed by atoms with Gasteiger partial charge in [-0.05, 0) is 37.4 Å². The quantitative estimate of drug-likeness (QED) is 0.367. The fraction of sp³-hybridized carbons (Fsp3) is 0.231. The molecule has 0 aromatic heterocycles. The van der Waals surface area contributed by atoms with Crippen molar-refractivity contribution in [3.8, 4) is 0 Å². The fourth-order valence-electron chi connectivity index (χ4n) is 3.48. The third kappa shape index (κ3) is 6.60. The number of alkyl halides is 3. The lowest BCUT2D eigenvalue weighted by atomic mass is 9.97. The molecule has 35 heavy (non-hydrogen) atoms. The summed E-state index contributed by atoms with van der Waals surface area (Å²) in [7, 11) is 0. The Balaban J connectivity index is 0.00000210. The van der Waals surface area contributed by atoms with Crippen molar-refractivity contribution in [3.63, 3.8) is 0 Å². The van der Waals surface area contributed by atoms with E-state index in [-0.39, 0.29) is 17.0 Å². The van der Waals surface area contributed by atoms with Gasteiger partial charge in [0.1, 0.15) is 11.9 Å². The minimum absolute atomic E-state index is 0.0635. The Morgan fingerprint density at radius 1 is 1.26 bits per heavy atom. The highest BCUT2D eigenvalue weighted by atomic mass is 19.4. The Morgan fingerprint density at radius 3 is 2.49 bits per heavy atom. The largest absolute Gasteiger partial charge is 0.478 e. The summed E-state index contributed by atoms with van der Waals surface area (Å²) in [6, 6.07) is 5.71. The second-order valence-corrected chi connectivity index (χ2v) is 7.33. The molecule has 9 heteroatoms. The predicted molar refractivity (Wildman–Crippen MR) is 133 cm³/mol. The van der Waals surface area contributed by atoms with Crippen LogP contribution in [0.15, 0.2) is 102 Å². The van der Waals surface area contributed by atoms with Crippen LogP contribution in [0.3, 0.4) is 0 Å². The van der Waals surface area contributed by atoms with Crippen LogP contribution in [0.2, 0.25) is 0 Å². The van der Waals surface area contributed by atoms with Gasteiger partial charge in [-0.15, -0.1) is 0 Å². The molecule has 0 spiro atoms. The van der Waals surface area contributed by atoms with Gasteiger partial charge in [0.15, 0.2) is 0 Å². The molecule has 2 aliphatic rings.